The van der Waals surface area contributed by atoms with Crippen LogP contribution in [0.2, 0.25) is 0 Å². The highest BCUT2D eigenvalue weighted by molar-refractivity contribution is 6.07. The van der Waals surface area contributed by atoms with E-state index in [4.69, 9.17) is 0 Å². The summed E-state index contributed by atoms with van der Waals surface area (Å²) in [4.78, 5) is 24.7. The van der Waals surface area contributed by atoms with Crippen LogP contribution in [0.15, 0.2) is 0 Å². The van der Waals surface area contributed by atoms with Crippen LogP contribution in [0.1, 0.15) is 70.6 Å². The third-order valence-corrected chi connectivity index (χ3v) is 5.76. The molecule has 3 nitrogen and oxygen atoms in total. The predicted molar refractivity (Wildman–Crippen MR) is 73.3 cm³/mol. The second-order valence-corrected chi connectivity index (χ2v) is 6.70. The monoisotopic (exact) mass is 263 g/mol. The van der Waals surface area contributed by atoms with Crippen LogP contribution in [0.25, 0.3) is 0 Å². The molecular formula is C16H25NO2. The van der Waals surface area contributed by atoms with Crippen LogP contribution in [0.4, 0.5) is 0 Å². The number of nitrogens with one attached hydrogen (secondary N) is 1. The first kappa shape index (κ1) is 13.1. The third kappa shape index (κ3) is 2.11. The fourth-order valence-corrected chi connectivity index (χ4v) is 4.80. The molecule has 1 heterocycles. The third-order valence-electron chi connectivity index (χ3n) is 5.76. The maximum Gasteiger partial charge on any atom is 0.233 e. The fourth-order valence-electron chi connectivity index (χ4n) is 4.80. The van der Waals surface area contributed by atoms with Crippen LogP contribution in [-0.2, 0) is 9.59 Å². The Bertz CT molecular complexity index is 371. The first-order valence-electron chi connectivity index (χ1n) is 8.10. The van der Waals surface area contributed by atoms with Gasteiger partial charge in [-0.1, -0.05) is 44.9 Å². The van der Waals surface area contributed by atoms with Crippen molar-refractivity contribution >= 4 is 11.8 Å². The molecule has 1 N–H and O–H groups in total. The minimum atomic E-state index is -0.335. The Morgan fingerprint density at radius 2 is 1.47 bits per heavy atom. The number of amides is 2. The molecule has 19 heavy (non-hydrogen) atoms. The summed E-state index contributed by atoms with van der Waals surface area (Å²) in [6, 6.07) is 0. The van der Waals surface area contributed by atoms with Crippen molar-refractivity contribution in [3.8, 4) is 0 Å². The van der Waals surface area contributed by atoms with Crippen LogP contribution in [0.5, 0.6) is 0 Å². The van der Waals surface area contributed by atoms with E-state index in [1.54, 1.807) is 0 Å². The summed E-state index contributed by atoms with van der Waals surface area (Å²) in [6.45, 7) is 0. The fraction of sp³-hybridized carbons (Fsp3) is 0.875. The Labute approximate surface area is 115 Å². The van der Waals surface area contributed by atoms with Crippen molar-refractivity contribution in [3.05, 3.63) is 0 Å². The van der Waals surface area contributed by atoms with Gasteiger partial charge in [0.2, 0.25) is 11.8 Å². The molecule has 3 rings (SSSR count). The van der Waals surface area contributed by atoms with Gasteiger partial charge >= 0.3 is 0 Å². The zero-order chi connectivity index (χ0) is 13.3. The lowest BCUT2D eigenvalue weighted by atomic mass is 9.62. The van der Waals surface area contributed by atoms with Crippen LogP contribution < -0.4 is 5.32 Å². The van der Waals surface area contributed by atoms with Gasteiger partial charge in [0.25, 0.3) is 0 Å². The van der Waals surface area contributed by atoms with Gasteiger partial charge in [-0.05, 0) is 31.6 Å². The summed E-state index contributed by atoms with van der Waals surface area (Å²) >= 11 is 0. The number of rotatable bonds is 1. The molecule has 3 aliphatic rings. The van der Waals surface area contributed by atoms with Crippen molar-refractivity contribution in [1.29, 1.82) is 0 Å². The Kier molecular flexibility index (Phi) is 3.64. The summed E-state index contributed by atoms with van der Waals surface area (Å²) < 4.78 is 0. The molecule has 0 aromatic carbocycles. The largest absolute Gasteiger partial charge is 0.296 e. The van der Waals surface area contributed by atoms with Crippen molar-refractivity contribution in [2.45, 2.75) is 70.6 Å². The van der Waals surface area contributed by atoms with Crippen molar-refractivity contribution in [2.75, 3.05) is 0 Å². The van der Waals surface area contributed by atoms with Gasteiger partial charge in [0, 0.05) is 0 Å². The number of carbonyl (C=O) groups is 2. The highest BCUT2D eigenvalue weighted by Gasteiger charge is 2.58. The summed E-state index contributed by atoms with van der Waals surface area (Å²) in [5, 5.41) is 2.67. The average molecular weight is 263 g/mol. The second kappa shape index (κ2) is 5.26. The molecule has 1 aliphatic heterocycles. The van der Waals surface area contributed by atoms with Gasteiger partial charge in [-0.25, -0.2) is 0 Å². The van der Waals surface area contributed by atoms with E-state index in [9.17, 15) is 9.59 Å². The first-order valence-corrected chi connectivity index (χ1v) is 8.10. The molecule has 2 aliphatic carbocycles. The molecule has 3 fully saturated rings. The van der Waals surface area contributed by atoms with E-state index in [1.807, 2.05) is 0 Å². The number of fused-ring (bicyclic) bond motifs is 1. The summed E-state index contributed by atoms with van der Waals surface area (Å²) in [6.07, 6.45) is 12.7. The van der Waals surface area contributed by atoms with Gasteiger partial charge in [0.1, 0.15) is 0 Å². The van der Waals surface area contributed by atoms with Crippen molar-refractivity contribution in [2.24, 2.45) is 17.3 Å². The van der Waals surface area contributed by atoms with Gasteiger partial charge in [-0.15, -0.1) is 0 Å². The standard InChI is InChI=1S/C16H25NO2/c18-14-13-10-6-3-7-11-16(13,15(19)17-14)12-8-4-1-2-5-9-12/h12-13H,1-11H2,(H,17,18,19). The van der Waals surface area contributed by atoms with Crippen LogP contribution >= 0.6 is 0 Å². The van der Waals surface area contributed by atoms with E-state index >= 15 is 0 Å². The van der Waals surface area contributed by atoms with E-state index in [1.165, 1.54) is 32.1 Å². The van der Waals surface area contributed by atoms with E-state index in [-0.39, 0.29) is 23.1 Å². The molecule has 0 bridgehead atoms. The lowest BCUT2D eigenvalue weighted by Gasteiger charge is -2.37. The van der Waals surface area contributed by atoms with E-state index < -0.39 is 0 Å². The molecule has 0 radical (unpaired) electrons. The molecule has 1 saturated heterocycles. The Balaban J connectivity index is 1.94. The number of hydrogen-bond acceptors (Lipinski definition) is 2. The normalized spacial score (nSPS) is 37.4. The number of imide groups is 1. The lowest BCUT2D eigenvalue weighted by molar-refractivity contribution is -0.133. The zero-order valence-electron chi connectivity index (χ0n) is 11.7. The maximum atomic E-state index is 12.6. The summed E-state index contributed by atoms with van der Waals surface area (Å²) in [5.74, 6) is 0.516. The Morgan fingerprint density at radius 1 is 0.842 bits per heavy atom. The first-order chi connectivity index (χ1) is 9.25. The lowest BCUT2D eigenvalue weighted by Crippen LogP contribution is -2.41. The molecular weight excluding hydrogens is 238 g/mol. The van der Waals surface area contributed by atoms with Crippen LogP contribution in [-0.4, -0.2) is 11.8 Å². The molecule has 0 aromatic heterocycles. The van der Waals surface area contributed by atoms with Crippen molar-refractivity contribution in [1.82, 2.24) is 5.32 Å². The van der Waals surface area contributed by atoms with E-state index in [0.717, 1.165) is 38.5 Å². The summed E-state index contributed by atoms with van der Waals surface area (Å²) in [5.41, 5.74) is -0.335. The van der Waals surface area contributed by atoms with E-state index in [2.05, 4.69) is 5.32 Å². The van der Waals surface area contributed by atoms with Gasteiger partial charge in [0.05, 0.1) is 11.3 Å². The van der Waals surface area contributed by atoms with Crippen molar-refractivity contribution in [3.63, 3.8) is 0 Å². The van der Waals surface area contributed by atoms with Crippen molar-refractivity contribution < 1.29 is 9.59 Å². The van der Waals surface area contributed by atoms with Gasteiger partial charge < -0.3 is 0 Å². The minimum Gasteiger partial charge on any atom is -0.296 e. The second-order valence-electron chi connectivity index (χ2n) is 6.70. The molecule has 0 spiro atoms. The smallest absolute Gasteiger partial charge is 0.233 e. The SMILES string of the molecule is O=C1NC(=O)C2(C3CCCCCC3)CCCCCC12. The maximum absolute atomic E-state index is 12.6. The Morgan fingerprint density at radius 3 is 2.21 bits per heavy atom. The molecule has 0 aromatic rings. The van der Waals surface area contributed by atoms with Gasteiger partial charge in [-0.2, -0.15) is 0 Å². The Hall–Kier alpha value is -0.860. The minimum absolute atomic E-state index is 0.0226. The topological polar surface area (TPSA) is 46.2 Å². The van der Waals surface area contributed by atoms with Crippen LogP contribution in [0.3, 0.4) is 0 Å². The van der Waals surface area contributed by atoms with Gasteiger partial charge in [0.15, 0.2) is 0 Å². The zero-order valence-corrected chi connectivity index (χ0v) is 11.7. The molecule has 2 atom stereocenters. The quantitative estimate of drug-likeness (QED) is 0.583. The number of hydrogen-bond donors (Lipinski definition) is 1. The van der Waals surface area contributed by atoms with Crippen LogP contribution in [0, 0.1) is 17.3 Å². The average Bonchev–Trinajstić information content (AvgIpc) is 2.71. The molecule has 2 saturated carbocycles. The highest BCUT2D eigenvalue weighted by atomic mass is 16.2. The summed E-state index contributed by atoms with van der Waals surface area (Å²) in [7, 11) is 0. The molecule has 3 heteroatoms. The predicted octanol–water partition coefficient (Wildman–Crippen LogP) is 3.18. The number of carbonyl (C=O) groups excluding carboxylic acids is 2. The molecule has 2 unspecified atom stereocenters. The van der Waals surface area contributed by atoms with Gasteiger partial charge in [-0.3, -0.25) is 14.9 Å². The highest BCUT2D eigenvalue weighted by Crippen LogP contribution is 2.52. The van der Waals surface area contributed by atoms with E-state index in [0.29, 0.717) is 5.92 Å². The molecule has 2 amide bonds. The molecule has 106 valence electrons.